The fourth-order valence-electron chi connectivity index (χ4n) is 2.66. The molecule has 2 unspecified atom stereocenters. The van der Waals surface area contributed by atoms with Crippen molar-refractivity contribution in [3.63, 3.8) is 0 Å². The smallest absolute Gasteiger partial charge is 0.318 e. The molecule has 0 aliphatic carbocycles. The van der Waals surface area contributed by atoms with Crippen molar-refractivity contribution in [3.05, 3.63) is 23.7 Å². The Morgan fingerprint density at radius 3 is 2.86 bits per heavy atom. The summed E-state index contributed by atoms with van der Waals surface area (Å²) in [6, 6.07) is 3.51. The fraction of sp³-hybridized carbons (Fsp3) is 0.600. The minimum atomic E-state index is -0.916. The largest absolute Gasteiger partial charge is 0.481 e. The first-order valence-electron chi connectivity index (χ1n) is 7.30. The van der Waals surface area contributed by atoms with Gasteiger partial charge in [-0.1, -0.05) is 6.92 Å². The van der Waals surface area contributed by atoms with Crippen LogP contribution in [0.4, 0.5) is 4.79 Å². The number of nitrogens with zero attached hydrogens (tertiary/aromatic N) is 1. The molecule has 0 saturated carbocycles. The van der Waals surface area contributed by atoms with Crippen LogP contribution >= 0.6 is 0 Å². The number of hydrogen-bond donors (Lipinski definition) is 2. The third-order valence-electron chi connectivity index (χ3n) is 3.83. The molecule has 0 aromatic carbocycles. The Bertz CT molecular complexity index is 512. The summed E-state index contributed by atoms with van der Waals surface area (Å²) in [7, 11) is 0. The van der Waals surface area contributed by atoms with Gasteiger partial charge in [0.2, 0.25) is 0 Å². The Labute approximate surface area is 124 Å². The lowest BCUT2D eigenvalue weighted by molar-refractivity contribution is -0.136. The molecule has 0 spiro atoms. The van der Waals surface area contributed by atoms with E-state index in [4.69, 9.17) is 9.52 Å². The number of rotatable bonds is 4. The van der Waals surface area contributed by atoms with Gasteiger partial charge in [0, 0.05) is 13.1 Å². The lowest BCUT2D eigenvalue weighted by Crippen LogP contribution is -2.46. The maximum atomic E-state index is 12.3. The van der Waals surface area contributed by atoms with Gasteiger partial charge in [-0.25, -0.2) is 4.79 Å². The standard InChI is InChI=1S/C15H22N2O4/c1-10-6-8-17(15(20)16-7-5-14(18)19)12(9-10)13-4-3-11(2)21-13/h3-4,10,12H,5-9H2,1-2H3,(H,16,20)(H,18,19). The third kappa shape index (κ3) is 4.00. The SMILES string of the molecule is Cc1ccc(C2CC(C)CCN2C(=O)NCCC(=O)O)o1. The van der Waals surface area contributed by atoms with E-state index in [9.17, 15) is 9.59 Å². The Hall–Kier alpha value is -1.98. The molecule has 2 rings (SSSR count). The number of aryl methyl sites for hydroxylation is 1. The first kappa shape index (κ1) is 15.4. The van der Waals surface area contributed by atoms with E-state index < -0.39 is 5.97 Å². The monoisotopic (exact) mass is 294 g/mol. The van der Waals surface area contributed by atoms with Gasteiger partial charge in [0.1, 0.15) is 11.5 Å². The normalized spacial score (nSPS) is 22.1. The molecule has 1 aromatic rings. The molecule has 6 heteroatoms. The summed E-state index contributed by atoms with van der Waals surface area (Å²) in [4.78, 5) is 24.5. The van der Waals surface area contributed by atoms with Gasteiger partial charge in [-0.3, -0.25) is 4.79 Å². The summed E-state index contributed by atoms with van der Waals surface area (Å²) in [5.41, 5.74) is 0. The second-order valence-corrected chi connectivity index (χ2v) is 5.66. The zero-order chi connectivity index (χ0) is 15.4. The second kappa shape index (κ2) is 6.65. The number of urea groups is 1. The lowest BCUT2D eigenvalue weighted by Gasteiger charge is -2.37. The van der Waals surface area contributed by atoms with E-state index in [1.807, 2.05) is 19.1 Å². The summed E-state index contributed by atoms with van der Waals surface area (Å²) in [6.45, 7) is 4.85. The number of carbonyl (C=O) groups is 2. The molecule has 1 aromatic heterocycles. The number of amides is 2. The lowest BCUT2D eigenvalue weighted by atomic mass is 9.91. The number of furan rings is 1. The van der Waals surface area contributed by atoms with Crippen LogP contribution in [0.1, 0.15) is 43.7 Å². The highest BCUT2D eigenvalue weighted by Gasteiger charge is 2.32. The second-order valence-electron chi connectivity index (χ2n) is 5.66. The van der Waals surface area contributed by atoms with Gasteiger partial charge in [-0.2, -0.15) is 0 Å². The van der Waals surface area contributed by atoms with Gasteiger partial charge in [-0.05, 0) is 37.8 Å². The minimum Gasteiger partial charge on any atom is -0.481 e. The number of carboxylic acids is 1. The maximum absolute atomic E-state index is 12.3. The van der Waals surface area contributed by atoms with Crippen molar-refractivity contribution in [1.82, 2.24) is 10.2 Å². The molecule has 1 aliphatic heterocycles. The van der Waals surface area contributed by atoms with E-state index in [-0.39, 0.29) is 25.0 Å². The van der Waals surface area contributed by atoms with Crippen LogP contribution < -0.4 is 5.32 Å². The molecule has 1 fully saturated rings. The maximum Gasteiger partial charge on any atom is 0.318 e. The van der Waals surface area contributed by atoms with Crippen molar-refractivity contribution < 1.29 is 19.1 Å². The molecule has 0 bridgehead atoms. The summed E-state index contributed by atoms with van der Waals surface area (Å²) in [5, 5.41) is 11.3. The first-order valence-corrected chi connectivity index (χ1v) is 7.30. The number of aliphatic carboxylic acids is 1. The van der Waals surface area contributed by atoms with Gasteiger partial charge >= 0.3 is 12.0 Å². The quantitative estimate of drug-likeness (QED) is 0.894. The zero-order valence-electron chi connectivity index (χ0n) is 12.5. The van der Waals surface area contributed by atoms with Crippen LogP contribution in [0.5, 0.6) is 0 Å². The number of carboxylic acid groups (broad SMARTS) is 1. The predicted octanol–water partition coefficient (Wildman–Crippen LogP) is 2.55. The molecule has 2 atom stereocenters. The molecule has 116 valence electrons. The van der Waals surface area contributed by atoms with Crippen molar-refractivity contribution in [3.8, 4) is 0 Å². The summed E-state index contributed by atoms with van der Waals surface area (Å²) >= 11 is 0. The van der Waals surface area contributed by atoms with Gasteiger partial charge in [0.15, 0.2) is 0 Å². The Kier molecular flexibility index (Phi) is 4.88. The summed E-state index contributed by atoms with van der Waals surface area (Å²) in [6.07, 6.45) is 1.74. The van der Waals surface area contributed by atoms with Crippen molar-refractivity contribution in [2.24, 2.45) is 5.92 Å². The molecule has 0 radical (unpaired) electrons. The molecule has 2 amide bonds. The van der Waals surface area contributed by atoms with Gasteiger partial charge in [0.25, 0.3) is 0 Å². The molecule has 1 aliphatic rings. The highest BCUT2D eigenvalue weighted by atomic mass is 16.4. The highest BCUT2D eigenvalue weighted by molar-refractivity contribution is 5.75. The average molecular weight is 294 g/mol. The highest BCUT2D eigenvalue weighted by Crippen LogP contribution is 2.34. The Morgan fingerprint density at radius 2 is 2.24 bits per heavy atom. The van der Waals surface area contributed by atoms with E-state index in [1.165, 1.54) is 0 Å². The van der Waals surface area contributed by atoms with Crippen molar-refractivity contribution in [2.45, 2.75) is 39.2 Å². The van der Waals surface area contributed by atoms with E-state index in [2.05, 4.69) is 12.2 Å². The fourth-order valence-corrected chi connectivity index (χ4v) is 2.66. The Morgan fingerprint density at radius 1 is 1.48 bits per heavy atom. The number of hydrogen-bond acceptors (Lipinski definition) is 3. The van der Waals surface area contributed by atoms with E-state index >= 15 is 0 Å². The van der Waals surface area contributed by atoms with Gasteiger partial charge in [-0.15, -0.1) is 0 Å². The zero-order valence-corrected chi connectivity index (χ0v) is 12.5. The van der Waals surface area contributed by atoms with Gasteiger partial charge < -0.3 is 19.7 Å². The number of likely N-dealkylation sites (tertiary alicyclic amines) is 1. The third-order valence-corrected chi connectivity index (χ3v) is 3.83. The van der Waals surface area contributed by atoms with Gasteiger partial charge in [0.05, 0.1) is 12.5 Å². The molecule has 6 nitrogen and oxygen atoms in total. The molecule has 2 N–H and O–H groups in total. The van der Waals surface area contributed by atoms with Crippen molar-refractivity contribution in [1.29, 1.82) is 0 Å². The molecular formula is C15H22N2O4. The van der Waals surface area contributed by atoms with Crippen LogP contribution in [-0.2, 0) is 4.79 Å². The van der Waals surface area contributed by atoms with E-state index in [0.29, 0.717) is 12.5 Å². The minimum absolute atomic E-state index is 0.0689. The molecular weight excluding hydrogens is 272 g/mol. The van der Waals surface area contributed by atoms with Crippen LogP contribution in [0.2, 0.25) is 0 Å². The van der Waals surface area contributed by atoms with E-state index in [0.717, 1.165) is 24.4 Å². The van der Waals surface area contributed by atoms with Crippen molar-refractivity contribution in [2.75, 3.05) is 13.1 Å². The first-order chi connectivity index (χ1) is 9.97. The summed E-state index contributed by atoms with van der Waals surface area (Å²) < 4.78 is 5.68. The molecule has 21 heavy (non-hydrogen) atoms. The number of piperidine rings is 1. The number of nitrogens with one attached hydrogen (secondary N) is 1. The van der Waals surface area contributed by atoms with Crippen LogP contribution in [-0.4, -0.2) is 35.1 Å². The molecule has 2 heterocycles. The van der Waals surface area contributed by atoms with Crippen LogP contribution in [0.15, 0.2) is 16.5 Å². The molecule has 1 saturated heterocycles. The van der Waals surface area contributed by atoms with Crippen LogP contribution in [0, 0.1) is 12.8 Å². The summed E-state index contributed by atoms with van der Waals surface area (Å²) in [5.74, 6) is 1.24. The van der Waals surface area contributed by atoms with Crippen LogP contribution in [0.25, 0.3) is 0 Å². The van der Waals surface area contributed by atoms with Crippen LogP contribution in [0.3, 0.4) is 0 Å². The topological polar surface area (TPSA) is 82.8 Å². The van der Waals surface area contributed by atoms with Crippen molar-refractivity contribution >= 4 is 12.0 Å². The Balaban J connectivity index is 2.04. The average Bonchev–Trinajstić information content (AvgIpc) is 2.84. The number of carbonyl (C=O) groups excluding carboxylic acids is 1. The van der Waals surface area contributed by atoms with E-state index in [1.54, 1.807) is 4.90 Å². The predicted molar refractivity (Wildman–Crippen MR) is 76.9 cm³/mol.